The third-order valence-corrected chi connectivity index (χ3v) is 6.54. The van der Waals surface area contributed by atoms with Gasteiger partial charge < -0.3 is 9.88 Å². The Morgan fingerprint density at radius 3 is 2.75 bits per heavy atom. The summed E-state index contributed by atoms with van der Waals surface area (Å²) in [6, 6.07) is 17.6. The molecular formula is C24H27N3O. The van der Waals surface area contributed by atoms with Crippen LogP contribution in [-0.4, -0.2) is 28.0 Å². The lowest BCUT2D eigenvalue weighted by Crippen LogP contribution is -2.43. The zero-order valence-corrected chi connectivity index (χ0v) is 16.4. The Bertz CT molecular complexity index is 1030. The van der Waals surface area contributed by atoms with Gasteiger partial charge in [0, 0.05) is 43.6 Å². The molecule has 1 fully saturated rings. The summed E-state index contributed by atoms with van der Waals surface area (Å²) in [5.41, 5.74) is 5.88. The number of carbonyl (C=O) groups excluding carboxylic acids is 1. The van der Waals surface area contributed by atoms with Gasteiger partial charge in [-0.15, -0.1) is 0 Å². The number of aromatic nitrogens is 1. The summed E-state index contributed by atoms with van der Waals surface area (Å²) in [5, 5.41) is 4.20. The second kappa shape index (κ2) is 7.10. The lowest BCUT2D eigenvalue weighted by molar-refractivity contribution is 0.0943. The van der Waals surface area contributed by atoms with E-state index < -0.39 is 0 Å². The molecule has 1 N–H and O–H groups in total. The molecule has 0 spiro atoms. The maximum absolute atomic E-state index is 12.7. The summed E-state index contributed by atoms with van der Waals surface area (Å²) in [5.74, 6) is -0.0208. The standard InChI is InChI=1S/C24H27N3O/c1-26-22-8-3-2-5-19(22)14-23(26)24(28)25-15-17-9-10-20-16-27(21-6-4-7-21)12-11-18(20)13-17/h2-3,5,8-10,13-14,21H,4,6-7,11-12,15-16H2,1H3,(H,25,28). The molecule has 1 amide bonds. The molecule has 1 saturated carbocycles. The highest BCUT2D eigenvalue weighted by molar-refractivity contribution is 5.98. The second-order valence-corrected chi connectivity index (χ2v) is 8.24. The first-order chi connectivity index (χ1) is 13.7. The van der Waals surface area contributed by atoms with E-state index in [1.165, 1.54) is 42.5 Å². The van der Waals surface area contributed by atoms with Crippen LogP contribution in [0.5, 0.6) is 0 Å². The summed E-state index contributed by atoms with van der Waals surface area (Å²) < 4.78 is 1.96. The Morgan fingerprint density at radius 2 is 1.96 bits per heavy atom. The first kappa shape index (κ1) is 17.5. The summed E-state index contributed by atoms with van der Waals surface area (Å²) >= 11 is 0. The van der Waals surface area contributed by atoms with Gasteiger partial charge in [-0.2, -0.15) is 0 Å². The van der Waals surface area contributed by atoms with Crippen molar-refractivity contribution < 1.29 is 4.79 Å². The van der Waals surface area contributed by atoms with E-state index in [4.69, 9.17) is 0 Å². The third kappa shape index (κ3) is 3.12. The molecule has 3 aromatic rings. The van der Waals surface area contributed by atoms with E-state index in [-0.39, 0.29) is 5.91 Å². The van der Waals surface area contributed by atoms with Crippen molar-refractivity contribution in [2.45, 2.75) is 44.8 Å². The van der Waals surface area contributed by atoms with Crippen LogP contribution in [0.15, 0.2) is 48.5 Å². The van der Waals surface area contributed by atoms with Crippen LogP contribution in [0.3, 0.4) is 0 Å². The van der Waals surface area contributed by atoms with Gasteiger partial charge in [-0.1, -0.05) is 42.8 Å². The lowest BCUT2D eigenvalue weighted by Gasteiger charge is -2.40. The van der Waals surface area contributed by atoms with Crippen molar-refractivity contribution in [2.75, 3.05) is 6.54 Å². The number of para-hydroxylation sites is 1. The zero-order valence-electron chi connectivity index (χ0n) is 16.4. The molecule has 4 heteroatoms. The largest absolute Gasteiger partial charge is 0.347 e. The van der Waals surface area contributed by atoms with E-state index in [9.17, 15) is 4.79 Å². The monoisotopic (exact) mass is 373 g/mol. The van der Waals surface area contributed by atoms with Crippen LogP contribution in [0, 0.1) is 0 Å². The smallest absolute Gasteiger partial charge is 0.268 e. The van der Waals surface area contributed by atoms with E-state index in [0.29, 0.717) is 12.2 Å². The Labute approximate surface area is 166 Å². The molecule has 2 aliphatic rings. The third-order valence-electron chi connectivity index (χ3n) is 6.54. The number of benzene rings is 2. The van der Waals surface area contributed by atoms with E-state index in [1.807, 2.05) is 41.9 Å². The molecule has 144 valence electrons. The van der Waals surface area contributed by atoms with Gasteiger partial charge in [-0.25, -0.2) is 0 Å². The Morgan fingerprint density at radius 1 is 1.11 bits per heavy atom. The summed E-state index contributed by atoms with van der Waals surface area (Å²) in [6.45, 7) is 2.83. The van der Waals surface area contributed by atoms with Crippen molar-refractivity contribution in [3.63, 3.8) is 0 Å². The van der Waals surface area contributed by atoms with Gasteiger partial charge in [0.05, 0.1) is 0 Å². The number of carbonyl (C=O) groups is 1. The van der Waals surface area contributed by atoms with Crippen LogP contribution in [-0.2, 0) is 26.6 Å². The molecule has 0 bridgehead atoms. The van der Waals surface area contributed by atoms with Crippen LogP contribution >= 0.6 is 0 Å². The molecule has 1 aliphatic carbocycles. The van der Waals surface area contributed by atoms with E-state index in [1.54, 1.807) is 0 Å². The average molecular weight is 374 g/mol. The second-order valence-electron chi connectivity index (χ2n) is 8.24. The number of aryl methyl sites for hydroxylation is 1. The molecule has 0 atom stereocenters. The Kier molecular flexibility index (Phi) is 4.44. The minimum Gasteiger partial charge on any atom is -0.347 e. The molecule has 2 aromatic carbocycles. The first-order valence-electron chi connectivity index (χ1n) is 10.4. The molecule has 0 unspecified atom stereocenters. The maximum Gasteiger partial charge on any atom is 0.268 e. The number of hydrogen-bond acceptors (Lipinski definition) is 2. The maximum atomic E-state index is 12.7. The average Bonchev–Trinajstić information content (AvgIpc) is 3.02. The Balaban J connectivity index is 1.26. The topological polar surface area (TPSA) is 37.3 Å². The number of fused-ring (bicyclic) bond motifs is 2. The van der Waals surface area contributed by atoms with Gasteiger partial charge in [0.2, 0.25) is 0 Å². The van der Waals surface area contributed by atoms with Crippen LogP contribution < -0.4 is 5.32 Å². The van der Waals surface area contributed by atoms with Crippen molar-refractivity contribution >= 4 is 16.8 Å². The summed E-state index contributed by atoms with van der Waals surface area (Å²) in [6.07, 6.45) is 5.25. The normalized spacial score (nSPS) is 17.3. The quantitative estimate of drug-likeness (QED) is 0.750. The minimum atomic E-state index is -0.0208. The SMILES string of the molecule is Cn1c(C(=O)NCc2ccc3c(c2)CCN(C2CCC2)C3)cc2ccccc21. The van der Waals surface area contributed by atoms with Gasteiger partial charge in [0.15, 0.2) is 0 Å². The molecule has 1 aromatic heterocycles. The fourth-order valence-electron chi connectivity index (χ4n) is 4.58. The van der Waals surface area contributed by atoms with Gasteiger partial charge in [0.1, 0.15) is 5.69 Å². The molecule has 5 rings (SSSR count). The van der Waals surface area contributed by atoms with Crippen LogP contribution in [0.2, 0.25) is 0 Å². The first-order valence-corrected chi connectivity index (χ1v) is 10.4. The Hall–Kier alpha value is -2.59. The predicted molar refractivity (Wildman–Crippen MR) is 112 cm³/mol. The van der Waals surface area contributed by atoms with E-state index in [2.05, 4.69) is 28.4 Å². The highest BCUT2D eigenvalue weighted by Gasteiger charge is 2.27. The van der Waals surface area contributed by atoms with Crippen molar-refractivity contribution in [1.82, 2.24) is 14.8 Å². The van der Waals surface area contributed by atoms with Crippen molar-refractivity contribution in [1.29, 1.82) is 0 Å². The van der Waals surface area contributed by atoms with Crippen molar-refractivity contribution in [2.24, 2.45) is 7.05 Å². The number of rotatable bonds is 4. The van der Waals surface area contributed by atoms with Gasteiger partial charge in [-0.05, 0) is 48.1 Å². The number of nitrogens with one attached hydrogen (secondary N) is 1. The highest BCUT2D eigenvalue weighted by Crippen LogP contribution is 2.30. The molecule has 0 saturated heterocycles. The lowest BCUT2D eigenvalue weighted by atomic mass is 9.88. The molecule has 28 heavy (non-hydrogen) atoms. The highest BCUT2D eigenvalue weighted by atomic mass is 16.1. The molecular weight excluding hydrogens is 346 g/mol. The zero-order chi connectivity index (χ0) is 19.1. The molecule has 1 aliphatic heterocycles. The van der Waals surface area contributed by atoms with E-state index >= 15 is 0 Å². The van der Waals surface area contributed by atoms with Gasteiger partial charge in [0.25, 0.3) is 5.91 Å². The molecule has 4 nitrogen and oxygen atoms in total. The number of hydrogen-bond donors (Lipinski definition) is 1. The molecule has 0 radical (unpaired) electrons. The number of nitrogens with zero attached hydrogens (tertiary/aromatic N) is 2. The summed E-state index contributed by atoms with van der Waals surface area (Å²) in [7, 11) is 1.95. The van der Waals surface area contributed by atoms with E-state index in [0.717, 1.165) is 29.9 Å². The number of amides is 1. The van der Waals surface area contributed by atoms with Crippen LogP contribution in [0.4, 0.5) is 0 Å². The van der Waals surface area contributed by atoms with Crippen molar-refractivity contribution in [3.05, 3.63) is 70.9 Å². The predicted octanol–water partition coefficient (Wildman–Crippen LogP) is 4.02. The van der Waals surface area contributed by atoms with Crippen LogP contribution in [0.1, 0.15) is 46.4 Å². The van der Waals surface area contributed by atoms with Gasteiger partial charge in [-0.3, -0.25) is 9.69 Å². The summed E-state index contributed by atoms with van der Waals surface area (Å²) in [4.78, 5) is 15.4. The van der Waals surface area contributed by atoms with Crippen LogP contribution in [0.25, 0.3) is 10.9 Å². The fourth-order valence-corrected chi connectivity index (χ4v) is 4.58. The van der Waals surface area contributed by atoms with Gasteiger partial charge >= 0.3 is 0 Å². The van der Waals surface area contributed by atoms with Crippen molar-refractivity contribution in [3.8, 4) is 0 Å². The molecule has 2 heterocycles. The fraction of sp³-hybridized carbons (Fsp3) is 0.375. The minimum absolute atomic E-state index is 0.0208.